The fraction of sp³-hybridized carbons (Fsp3) is 0.875. The predicted octanol–water partition coefficient (Wildman–Crippen LogP) is -2.39. The Labute approximate surface area is 86.2 Å². The highest BCUT2D eigenvalue weighted by Crippen LogP contribution is 2.22. The van der Waals surface area contributed by atoms with Gasteiger partial charge in [0.05, 0.1) is 7.11 Å². The highest BCUT2D eigenvalue weighted by atomic mass is 16.7. The van der Waals surface area contributed by atoms with Crippen LogP contribution in [0.15, 0.2) is 0 Å². The zero-order valence-electron chi connectivity index (χ0n) is 8.36. The van der Waals surface area contributed by atoms with Crippen LogP contribution in [0.3, 0.4) is 0 Å². The fourth-order valence-electron chi connectivity index (χ4n) is 1.35. The van der Waals surface area contributed by atoms with Crippen molar-refractivity contribution in [3.05, 3.63) is 0 Å². The van der Waals surface area contributed by atoms with E-state index in [1.165, 1.54) is 7.11 Å². The summed E-state index contributed by atoms with van der Waals surface area (Å²) >= 11 is 0. The minimum absolute atomic E-state index is 0.837. The molecule has 0 amide bonds. The Kier molecular flexibility index (Phi) is 4.00. The van der Waals surface area contributed by atoms with Gasteiger partial charge in [-0.25, -0.2) is 4.79 Å². The van der Waals surface area contributed by atoms with Gasteiger partial charge >= 0.3 is 5.97 Å². The third-order valence-electron chi connectivity index (χ3n) is 2.24. The molecule has 0 unspecified atom stereocenters. The van der Waals surface area contributed by atoms with Crippen molar-refractivity contribution < 1.29 is 34.3 Å². The Morgan fingerprint density at radius 1 is 1.13 bits per heavy atom. The number of hydrogen-bond donors (Lipinski definition) is 3. The van der Waals surface area contributed by atoms with Gasteiger partial charge < -0.3 is 29.5 Å². The second-order valence-corrected chi connectivity index (χ2v) is 3.16. The molecule has 0 radical (unpaired) electrons. The lowest BCUT2D eigenvalue weighted by Gasteiger charge is -2.38. The molecule has 7 heteroatoms. The summed E-state index contributed by atoms with van der Waals surface area (Å²) in [5.41, 5.74) is 0. The molecule has 1 saturated heterocycles. The summed E-state index contributed by atoms with van der Waals surface area (Å²) < 4.78 is 14.0. The molecule has 0 saturated carbocycles. The molecule has 1 rings (SSSR count). The zero-order valence-corrected chi connectivity index (χ0v) is 8.36. The molecule has 0 aliphatic carbocycles. The van der Waals surface area contributed by atoms with Crippen molar-refractivity contribution in [1.29, 1.82) is 0 Å². The van der Waals surface area contributed by atoms with E-state index in [4.69, 9.17) is 9.47 Å². The molecular formula is C8H14O7. The van der Waals surface area contributed by atoms with Crippen LogP contribution in [-0.4, -0.2) is 66.2 Å². The molecule has 0 aromatic rings. The predicted molar refractivity (Wildman–Crippen MR) is 45.7 cm³/mol. The number of methoxy groups -OCH3 is 2. The second-order valence-electron chi connectivity index (χ2n) is 3.16. The highest BCUT2D eigenvalue weighted by molar-refractivity contribution is 5.75. The SMILES string of the molecule is COC(=O)[C@@H]1O[C@@H](OC)[C@@H](O)[C@H](O)[C@H]1O. The largest absolute Gasteiger partial charge is 0.467 e. The molecule has 7 nitrogen and oxygen atoms in total. The van der Waals surface area contributed by atoms with E-state index in [1.807, 2.05) is 0 Å². The maximum atomic E-state index is 11.1. The van der Waals surface area contributed by atoms with Crippen molar-refractivity contribution in [2.24, 2.45) is 0 Å². The van der Waals surface area contributed by atoms with Gasteiger partial charge in [-0.2, -0.15) is 0 Å². The minimum atomic E-state index is -1.54. The van der Waals surface area contributed by atoms with Crippen LogP contribution in [-0.2, 0) is 19.0 Å². The first-order chi connectivity index (χ1) is 7.02. The standard InChI is InChI=1S/C8H14O7/c1-13-7(12)6-4(10)3(9)5(11)8(14-2)15-6/h3-6,8-11H,1-2H3/t3-,4-,5+,6-,8-/m1/s1. The topological polar surface area (TPSA) is 105 Å². The van der Waals surface area contributed by atoms with Crippen LogP contribution in [0.25, 0.3) is 0 Å². The Morgan fingerprint density at radius 3 is 2.20 bits per heavy atom. The first kappa shape index (κ1) is 12.3. The lowest BCUT2D eigenvalue weighted by atomic mass is 9.99. The summed E-state index contributed by atoms with van der Waals surface area (Å²) in [6.07, 6.45) is -7.01. The number of carbonyl (C=O) groups excluding carboxylic acids is 1. The summed E-state index contributed by atoms with van der Waals surface area (Å²) in [6, 6.07) is 0. The number of ether oxygens (including phenoxy) is 3. The molecule has 3 N–H and O–H groups in total. The number of esters is 1. The fourth-order valence-corrected chi connectivity index (χ4v) is 1.35. The van der Waals surface area contributed by atoms with Crippen molar-refractivity contribution >= 4 is 5.97 Å². The van der Waals surface area contributed by atoms with Gasteiger partial charge in [0.15, 0.2) is 12.4 Å². The molecule has 1 fully saturated rings. The smallest absolute Gasteiger partial charge is 0.337 e. The summed E-state index contributed by atoms with van der Waals surface area (Å²) in [7, 11) is 2.37. The molecule has 0 bridgehead atoms. The van der Waals surface area contributed by atoms with Crippen LogP contribution in [0, 0.1) is 0 Å². The Bertz CT molecular complexity index is 229. The van der Waals surface area contributed by atoms with E-state index in [9.17, 15) is 20.1 Å². The Morgan fingerprint density at radius 2 is 1.73 bits per heavy atom. The first-order valence-electron chi connectivity index (χ1n) is 4.33. The molecule has 15 heavy (non-hydrogen) atoms. The van der Waals surface area contributed by atoms with Gasteiger partial charge in [-0.05, 0) is 0 Å². The summed E-state index contributed by atoms with van der Waals surface area (Å²) in [5, 5.41) is 28.2. The van der Waals surface area contributed by atoms with Gasteiger partial charge in [-0.1, -0.05) is 0 Å². The summed E-state index contributed by atoms with van der Waals surface area (Å²) in [6.45, 7) is 0. The van der Waals surface area contributed by atoms with Gasteiger partial charge in [-0.15, -0.1) is 0 Å². The normalized spacial score (nSPS) is 41.3. The average Bonchev–Trinajstić information content (AvgIpc) is 2.25. The van der Waals surface area contributed by atoms with E-state index in [1.54, 1.807) is 0 Å². The van der Waals surface area contributed by atoms with Crippen molar-refractivity contribution in [2.45, 2.75) is 30.7 Å². The zero-order chi connectivity index (χ0) is 11.6. The van der Waals surface area contributed by atoms with Crippen molar-refractivity contribution in [2.75, 3.05) is 14.2 Å². The number of rotatable bonds is 2. The molecular weight excluding hydrogens is 208 g/mol. The van der Waals surface area contributed by atoms with Gasteiger partial charge in [0, 0.05) is 7.11 Å². The molecule has 1 heterocycles. The van der Waals surface area contributed by atoms with E-state index in [-0.39, 0.29) is 0 Å². The van der Waals surface area contributed by atoms with E-state index in [0.29, 0.717) is 0 Å². The Hall–Kier alpha value is -0.730. The molecule has 0 spiro atoms. The van der Waals surface area contributed by atoms with Crippen LogP contribution in [0.4, 0.5) is 0 Å². The van der Waals surface area contributed by atoms with E-state index in [0.717, 1.165) is 7.11 Å². The quantitative estimate of drug-likeness (QED) is 0.448. The average molecular weight is 222 g/mol. The van der Waals surface area contributed by atoms with E-state index >= 15 is 0 Å². The van der Waals surface area contributed by atoms with Crippen molar-refractivity contribution in [1.82, 2.24) is 0 Å². The van der Waals surface area contributed by atoms with E-state index < -0.39 is 36.7 Å². The van der Waals surface area contributed by atoms with Crippen LogP contribution in [0.1, 0.15) is 0 Å². The van der Waals surface area contributed by atoms with E-state index in [2.05, 4.69) is 4.74 Å². The number of carbonyl (C=O) groups is 1. The monoisotopic (exact) mass is 222 g/mol. The van der Waals surface area contributed by atoms with Gasteiger partial charge in [0.2, 0.25) is 0 Å². The summed E-state index contributed by atoms with van der Waals surface area (Å²) in [5.74, 6) is -0.837. The van der Waals surface area contributed by atoms with Crippen LogP contribution in [0.5, 0.6) is 0 Å². The lowest BCUT2D eigenvalue weighted by molar-refractivity contribution is -0.288. The maximum Gasteiger partial charge on any atom is 0.337 e. The molecule has 1 aliphatic heterocycles. The molecule has 88 valence electrons. The van der Waals surface area contributed by atoms with Crippen LogP contribution in [0.2, 0.25) is 0 Å². The third kappa shape index (κ3) is 2.27. The first-order valence-corrected chi connectivity index (χ1v) is 4.33. The molecule has 0 aromatic carbocycles. The van der Waals surface area contributed by atoms with Crippen molar-refractivity contribution in [3.8, 4) is 0 Å². The lowest BCUT2D eigenvalue weighted by Crippen LogP contribution is -2.60. The Balaban J connectivity index is 2.78. The minimum Gasteiger partial charge on any atom is -0.467 e. The van der Waals surface area contributed by atoms with Gasteiger partial charge in [0.1, 0.15) is 18.3 Å². The number of aliphatic hydroxyl groups excluding tert-OH is 3. The van der Waals surface area contributed by atoms with Gasteiger partial charge in [-0.3, -0.25) is 0 Å². The third-order valence-corrected chi connectivity index (χ3v) is 2.24. The van der Waals surface area contributed by atoms with Crippen LogP contribution < -0.4 is 0 Å². The van der Waals surface area contributed by atoms with Gasteiger partial charge in [0.25, 0.3) is 0 Å². The van der Waals surface area contributed by atoms with Crippen molar-refractivity contribution in [3.63, 3.8) is 0 Å². The summed E-state index contributed by atoms with van der Waals surface area (Å²) in [4.78, 5) is 11.1. The van der Waals surface area contributed by atoms with Crippen LogP contribution >= 0.6 is 0 Å². The number of hydrogen-bond acceptors (Lipinski definition) is 7. The molecule has 5 atom stereocenters. The molecule has 1 aliphatic rings. The highest BCUT2D eigenvalue weighted by Gasteiger charge is 2.47. The second kappa shape index (κ2) is 4.86. The molecule has 0 aromatic heterocycles. The maximum absolute atomic E-state index is 11.1. The number of aliphatic hydroxyl groups is 3.